The molecule has 1 saturated carbocycles. The molecule has 1 fully saturated rings. The summed E-state index contributed by atoms with van der Waals surface area (Å²) in [5.74, 6) is -2.55. The molecule has 2 atom stereocenters. The number of methoxy groups -OCH3 is 1. The highest BCUT2D eigenvalue weighted by atomic mass is 19.4. The average Bonchev–Trinajstić information content (AvgIpc) is 3.06. The number of alkyl halides is 3. The van der Waals surface area contributed by atoms with E-state index in [2.05, 4.69) is 5.32 Å². The Bertz CT molecular complexity index is 662. The molecular formula is C17H20F3NO5. The third kappa shape index (κ3) is 5.10. The molecule has 0 radical (unpaired) electrons. The second-order valence-electron chi connectivity index (χ2n) is 6.08. The highest BCUT2D eigenvalue weighted by molar-refractivity contribution is 5.94. The van der Waals surface area contributed by atoms with Crippen LogP contribution in [-0.4, -0.2) is 37.3 Å². The Labute approximate surface area is 148 Å². The summed E-state index contributed by atoms with van der Waals surface area (Å²) >= 11 is 0. The van der Waals surface area contributed by atoms with Gasteiger partial charge in [-0.05, 0) is 37.5 Å². The van der Waals surface area contributed by atoms with E-state index in [1.165, 1.54) is 7.11 Å². The van der Waals surface area contributed by atoms with Gasteiger partial charge in [-0.25, -0.2) is 0 Å². The minimum atomic E-state index is -4.56. The fourth-order valence-electron chi connectivity index (χ4n) is 2.84. The van der Waals surface area contributed by atoms with Crippen molar-refractivity contribution in [3.8, 4) is 5.75 Å². The standard InChI is InChI=1S/C17H20F3NO5/c1-25-6-7-26-14-5-4-12(17(18,19)20)9-13(14)21-15(22)10-2-3-11(8-10)16(23)24/h4-5,9-11H,2-3,6-8H2,1H3,(H,21,22)(H,23,24)/t10-,11+/m1/s1. The molecule has 0 aromatic heterocycles. The van der Waals surface area contributed by atoms with Gasteiger partial charge in [0.2, 0.25) is 5.91 Å². The molecule has 144 valence electrons. The molecule has 1 aliphatic rings. The zero-order valence-electron chi connectivity index (χ0n) is 14.1. The number of carboxylic acids is 1. The van der Waals surface area contributed by atoms with Crippen molar-refractivity contribution in [2.24, 2.45) is 11.8 Å². The number of aliphatic carboxylic acids is 1. The van der Waals surface area contributed by atoms with Crippen molar-refractivity contribution in [1.82, 2.24) is 0 Å². The largest absolute Gasteiger partial charge is 0.489 e. The molecule has 1 aliphatic carbocycles. The van der Waals surface area contributed by atoms with Gasteiger partial charge in [-0.2, -0.15) is 13.2 Å². The number of hydrogen-bond acceptors (Lipinski definition) is 4. The number of carboxylic acid groups (broad SMARTS) is 1. The molecule has 0 heterocycles. The van der Waals surface area contributed by atoms with Crippen LogP contribution in [0.3, 0.4) is 0 Å². The summed E-state index contributed by atoms with van der Waals surface area (Å²) in [5, 5.41) is 11.5. The van der Waals surface area contributed by atoms with Crippen molar-refractivity contribution in [3.05, 3.63) is 23.8 Å². The second kappa shape index (κ2) is 8.39. The summed E-state index contributed by atoms with van der Waals surface area (Å²) in [4.78, 5) is 23.4. The van der Waals surface area contributed by atoms with Crippen molar-refractivity contribution in [1.29, 1.82) is 0 Å². The van der Waals surface area contributed by atoms with Crippen LogP contribution in [-0.2, 0) is 20.5 Å². The molecule has 26 heavy (non-hydrogen) atoms. The van der Waals surface area contributed by atoms with Crippen LogP contribution in [0.2, 0.25) is 0 Å². The monoisotopic (exact) mass is 375 g/mol. The quantitative estimate of drug-likeness (QED) is 0.715. The van der Waals surface area contributed by atoms with Crippen LogP contribution in [0.5, 0.6) is 5.75 Å². The van der Waals surface area contributed by atoms with E-state index in [0.717, 1.165) is 18.2 Å². The molecule has 2 rings (SSSR count). The van der Waals surface area contributed by atoms with Gasteiger partial charge in [-0.3, -0.25) is 9.59 Å². The van der Waals surface area contributed by atoms with Gasteiger partial charge in [-0.15, -0.1) is 0 Å². The van der Waals surface area contributed by atoms with Crippen LogP contribution in [0.1, 0.15) is 24.8 Å². The number of hydrogen-bond donors (Lipinski definition) is 2. The molecule has 1 aromatic rings. The maximum Gasteiger partial charge on any atom is 0.416 e. The van der Waals surface area contributed by atoms with Crippen LogP contribution >= 0.6 is 0 Å². The van der Waals surface area contributed by atoms with E-state index < -0.39 is 35.5 Å². The number of rotatable bonds is 7. The molecule has 6 nitrogen and oxygen atoms in total. The first-order valence-electron chi connectivity index (χ1n) is 8.09. The van der Waals surface area contributed by atoms with Gasteiger partial charge < -0.3 is 19.9 Å². The van der Waals surface area contributed by atoms with Gasteiger partial charge in [0, 0.05) is 13.0 Å². The van der Waals surface area contributed by atoms with E-state index in [4.69, 9.17) is 14.6 Å². The molecule has 0 bridgehead atoms. The topological polar surface area (TPSA) is 84.9 Å². The molecule has 0 aliphatic heterocycles. The lowest BCUT2D eigenvalue weighted by molar-refractivity contribution is -0.141. The molecule has 0 spiro atoms. The van der Waals surface area contributed by atoms with Gasteiger partial charge in [0.1, 0.15) is 12.4 Å². The van der Waals surface area contributed by atoms with E-state index in [9.17, 15) is 22.8 Å². The molecular weight excluding hydrogens is 355 g/mol. The molecule has 1 amide bonds. The van der Waals surface area contributed by atoms with Crippen LogP contribution < -0.4 is 10.1 Å². The third-order valence-electron chi connectivity index (χ3n) is 4.26. The molecule has 1 aromatic carbocycles. The van der Waals surface area contributed by atoms with Crippen molar-refractivity contribution in [2.45, 2.75) is 25.4 Å². The number of carbonyl (C=O) groups excluding carboxylic acids is 1. The van der Waals surface area contributed by atoms with E-state index in [0.29, 0.717) is 12.8 Å². The number of anilines is 1. The summed E-state index contributed by atoms with van der Waals surface area (Å²) in [6.07, 6.45) is -3.65. The fourth-order valence-corrected chi connectivity index (χ4v) is 2.84. The smallest absolute Gasteiger partial charge is 0.416 e. The first-order chi connectivity index (χ1) is 12.2. The first kappa shape index (κ1) is 20.0. The maximum absolute atomic E-state index is 12.9. The van der Waals surface area contributed by atoms with Gasteiger partial charge >= 0.3 is 12.1 Å². The number of nitrogens with one attached hydrogen (secondary N) is 1. The van der Waals surface area contributed by atoms with Crippen molar-refractivity contribution in [2.75, 3.05) is 25.6 Å². The minimum Gasteiger partial charge on any atom is -0.489 e. The lowest BCUT2D eigenvalue weighted by atomic mass is 10.0. The summed E-state index contributed by atoms with van der Waals surface area (Å²) in [7, 11) is 1.46. The number of benzene rings is 1. The Morgan fingerprint density at radius 2 is 1.92 bits per heavy atom. The first-order valence-corrected chi connectivity index (χ1v) is 8.09. The fraction of sp³-hybridized carbons (Fsp3) is 0.529. The molecule has 2 N–H and O–H groups in total. The van der Waals surface area contributed by atoms with Crippen molar-refractivity contribution in [3.63, 3.8) is 0 Å². The maximum atomic E-state index is 12.9. The SMILES string of the molecule is COCCOc1ccc(C(F)(F)F)cc1NC(=O)[C@@H]1CC[C@H](C(=O)O)C1. The normalized spacial score (nSPS) is 20.0. The predicted octanol–water partition coefficient (Wildman–Crippen LogP) is 3.17. The van der Waals surface area contributed by atoms with Crippen LogP contribution in [0, 0.1) is 11.8 Å². The van der Waals surface area contributed by atoms with Gasteiger partial charge in [0.15, 0.2) is 0 Å². The Kier molecular flexibility index (Phi) is 6.47. The lowest BCUT2D eigenvalue weighted by Gasteiger charge is -2.17. The minimum absolute atomic E-state index is 0.0937. The zero-order chi connectivity index (χ0) is 19.3. The highest BCUT2D eigenvalue weighted by Gasteiger charge is 2.35. The van der Waals surface area contributed by atoms with E-state index >= 15 is 0 Å². The summed E-state index contributed by atoms with van der Waals surface area (Å²) in [6.45, 7) is 0.340. The van der Waals surface area contributed by atoms with E-state index in [1.807, 2.05) is 0 Å². The highest BCUT2D eigenvalue weighted by Crippen LogP contribution is 2.37. The van der Waals surface area contributed by atoms with E-state index in [1.54, 1.807) is 0 Å². The Balaban J connectivity index is 2.16. The van der Waals surface area contributed by atoms with Gasteiger partial charge in [0.05, 0.1) is 23.8 Å². The average molecular weight is 375 g/mol. The van der Waals surface area contributed by atoms with Crippen LogP contribution in [0.4, 0.5) is 18.9 Å². The van der Waals surface area contributed by atoms with Crippen molar-refractivity contribution >= 4 is 17.6 Å². The number of carbonyl (C=O) groups is 2. The Morgan fingerprint density at radius 3 is 2.50 bits per heavy atom. The lowest BCUT2D eigenvalue weighted by Crippen LogP contribution is -2.22. The number of ether oxygens (including phenoxy) is 2. The summed E-state index contributed by atoms with van der Waals surface area (Å²) < 4.78 is 49.0. The zero-order valence-corrected chi connectivity index (χ0v) is 14.1. The molecule has 9 heteroatoms. The number of amides is 1. The van der Waals surface area contributed by atoms with Gasteiger partial charge in [0.25, 0.3) is 0 Å². The van der Waals surface area contributed by atoms with Crippen LogP contribution in [0.15, 0.2) is 18.2 Å². The Hall–Kier alpha value is -2.29. The molecule has 0 unspecified atom stereocenters. The third-order valence-corrected chi connectivity index (χ3v) is 4.26. The van der Waals surface area contributed by atoms with Crippen molar-refractivity contribution < 1.29 is 37.3 Å². The van der Waals surface area contributed by atoms with Crippen LogP contribution in [0.25, 0.3) is 0 Å². The summed E-state index contributed by atoms with van der Waals surface area (Å²) in [6, 6.07) is 2.82. The Morgan fingerprint density at radius 1 is 1.23 bits per heavy atom. The van der Waals surface area contributed by atoms with Gasteiger partial charge in [-0.1, -0.05) is 0 Å². The molecule has 0 saturated heterocycles. The predicted molar refractivity (Wildman–Crippen MR) is 85.9 cm³/mol. The summed E-state index contributed by atoms with van der Waals surface area (Å²) in [5.41, 5.74) is -1.01. The number of halogens is 3. The van der Waals surface area contributed by atoms with E-state index in [-0.39, 0.29) is 31.1 Å². The second-order valence-corrected chi connectivity index (χ2v) is 6.08.